The van der Waals surface area contributed by atoms with Gasteiger partial charge in [-0.25, -0.2) is 4.98 Å². The van der Waals surface area contributed by atoms with Crippen LogP contribution in [-0.2, 0) is 9.59 Å². The number of anilines is 1. The molecule has 64 valence electrons. The van der Waals surface area contributed by atoms with Crippen molar-refractivity contribution in [3.05, 3.63) is 12.7 Å². The molecule has 8 nitrogen and oxygen atoms in total. The Labute approximate surface area is 71.3 Å². The second-order valence-electron chi connectivity index (χ2n) is 2.05. The van der Waals surface area contributed by atoms with Crippen LogP contribution in [0.3, 0.4) is 0 Å². The maximum atomic E-state index is 11.0. The molecule has 1 aliphatic rings. The Morgan fingerprint density at radius 3 is 2.38 bits per heavy atom. The highest BCUT2D eigenvalue weighted by Gasteiger charge is 2.31. The predicted octanol–water partition coefficient (Wildman–Crippen LogP) is -0.888. The molecule has 2 heterocycles. The molecule has 0 bridgehead atoms. The molecule has 0 saturated heterocycles. The van der Waals surface area contributed by atoms with Crippen molar-refractivity contribution in [3.8, 4) is 0 Å². The van der Waals surface area contributed by atoms with Gasteiger partial charge < -0.3 is 0 Å². The third kappa shape index (κ3) is 1.13. The van der Waals surface area contributed by atoms with Gasteiger partial charge in [0.2, 0.25) is 0 Å². The van der Waals surface area contributed by atoms with Gasteiger partial charge in [-0.2, -0.15) is 9.97 Å². The monoisotopic (exact) mass is 178 g/mol. The molecule has 0 spiro atoms. The largest absolute Gasteiger partial charge is 0.357 e. The molecule has 2 rings (SSSR count). The van der Waals surface area contributed by atoms with E-state index in [0.29, 0.717) is 5.01 Å². The summed E-state index contributed by atoms with van der Waals surface area (Å²) in [5.41, 5.74) is 0. The van der Waals surface area contributed by atoms with Gasteiger partial charge in [-0.1, -0.05) is 10.3 Å². The summed E-state index contributed by atoms with van der Waals surface area (Å²) < 4.78 is 0. The average molecular weight is 178 g/mol. The van der Waals surface area contributed by atoms with Crippen molar-refractivity contribution in [3.63, 3.8) is 0 Å². The minimum Gasteiger partial charge on any atom is -0.261 e. The van der Waals surface area contributed by atoms with E-state index in [-0.39, 0.29) is 5.95 Å². The fourth-order valence-corrected chi connectivity index (χ4v) is 0.733. The van der Waals surface area contributed by atoms with Gasteiger partial charge in [-0.3, -0.25) is 9.59 Å². The second-order valence-corrected chi connectivity index (χ2v) is 2.05. The van der Waals surface area contributed by atoms with Gasteiger partial charge in [-0.05, 0) is 0 Å². The second kappa shape index (κ2) is 2.66. The molecule has 0 N–H and O–H groups in total. The summed E-state index contributed by atoms with van der Waals surface area (Å²) in [7, 11) is 0. The van der Waals surface area contributed by atoms with Crippen LogP contribution in [0, 0.1) is 0 Å². The maximum absolute atomic E-state index is 11.0. The molecule has 13 heavy (non-hydrogen) atoms. The Kier molecular flexibility index (Phi) is 1.51. The fourth-order valence-electron chi connectivity index (χ4n) is 0.733. The minimum absolute atomic E-state index is 0.0189. The molecule has 0 unspecified atom stereocenters. The van der Waals surface area contributed by atoms with Crippen molar-refractivity contribution < 1.29 is 9.59 Å². The Morgan fingerprint density at radius 2 is 1.85 bits per heavy atom. The first-order valence-corrected chi connectivity index (χ1v) is 3.21. The lowest BCUT2D eigenvalue weighted by Gasteiger charge is -2.03. The number of hydrogen-bond acceptors (Lipinski definition) is 6. The zero-order valence-electron chi connectivity index (χ0n) is 6.15. The number of amides is 2. The van der Waals surface area contributed by atoms with Gasteiger partial charge in [0.05, 0.1) is 0 Å². The van der Waals surface area contributed by atoms with Crippen molar-refractivity contribution >= 4 is 17.8 Å². The molecule has 1 aromatic rings. The fraction of sp³-hybridized carbons (Fsp3) is 0. The molecule has 0 saturated carbocycles. The van der Waals surface area contributed by atoms with E-state index < -0.39 is 11.8 Å². The normalized spacial score (nSPS) is 15.5. The van der Waals surface area contributed by atoms with Gasteiger partial charge >= 0.3 is 11.8 Å². The van der Waals surface area contributed by atoms with E-state index in [1.807, 2.05) is 0 Å². The summed E-state index contributed by atoms with van der Waals surface area (Å²) in [5, 5.41) is 7.02. The van der Waals surface area contributed by atoms with Crippen LogP contribution in [0.15, 0.2) is 23.0 Å². The Bertz CT molecular complexity index is 387. The molecular formula is C5H2N6O2. The number of nitrogens with zero attached hydrogens (tertiary/aromatic N) is 6. The van der Waals surface area contributed by atoms with Crippen molar-refractivity contribution in [2.75, 3.05) is 5.01 Å². The number of aromatic nitrogens is 3. The molecular weight excluding hydrogens is 176 g/mol. The number of hydrogen-bond donors (Lipinski definition) is 0. The number of rotatable bonds is 1. The molecule has 0 atom stereocenters. The first kappa shape index (κ1) is 7.40. The zero-order valence-corrected chi connectivity index (χ0v) is 6.15. The summed E-state index contributed by atoms with van der Waals surface area (Å²) in [6.07, 6.45) is 2.38. The standard InChI is InChI=1S/C5H2N6O2/c12-3-4(13)11(10-9-3)5-7-1-6-2-8-5/h1-2H. The highest BCUT2D eigenvalue weighted by atomic mass is 16.2. The topological polar surface area (TPSA) is 101 Å². The molecule has 0 radical (unpaired) electrons. The van der Waals surface area contributed by atoms with E-state index in [1.165, 1.54) is 12.7 Å². The lowest BCUT2D eigenvalue weighted by atomic mass is 10.6. The lowest BCUT2D eigenvalue weighted by molar-refractivity contribution is -0.134. The van der Waals surface area contributed by atoms with E-state index in [1.54, 1.807) is 0 Å². The van der Waals surface area contributed by atoms with Crippen LogP contribution in [0.4, 0.5) is 5.95 Å². The number of carbonyl (C=O) groups is 2. The quantitative estimate of drug-likeness (QED) is 0.519. The zero-order chi connectivity index (χ0) is 9.26. The van der Waals surface area contributed by atoms with Crippen LogP contribution >= 0.6 is 0 Å². The summed E-state index contributed by atoms with van der Waals surface area (Å²) >= 11 is 0. The Morgan fingerprint density at radius 1 is 1.15 bits per heavy atom. The lowest BCUT2D eigenvalue weighted by Crippen LogP contribution is -2.26. The van der Waals surface area contributed by atoms with Crippen LogP contribution in [0.2, 0.25) is 0 Å². The van der Waals surface area contributed by atoms with Gasteiger partial charge in [0.15, 0.2) is 0 Å². The van der Waals surface area contributed by atoms with E-state index in [4.69, 9.17) is 0 Å². The summed E-state index contributed by atoms with van der Waals surface area (Å²) in [4.78, 5) is 32.4. The van der Waals surface area contributed by atoms with Crippen LogP contribution in [-0.4, -0.2) is 26.8 Å². The van der Waals surface area contributed by atoms with Crippen LogP contribution in [0.1, 0.15) is 0 Å². The Balaban J connectivity index is 2.35. The minimum atomic E-state index is -0.930. The van der Waals surface area contributed by atoms with Crippen molar-refractivity contribution in [1.82, 2.24) is 15.0 Å². The van der Waals surface area contributed by atoms with Crippen LogP contribution in [0.5, 0.6) is 0 Å². The average Bonchev–Trinajstić information content (AvgIpc) is 2.49. The SMILES string of the molecule is O=C1N=NN(c2ncncn2)C1=O. The van der Waals surface area contributed by atoms with E-state index in [9.17, 15) is 9.59 Å². The molecule has 0 fully saturated rings. The smallest absolute Gasteiger partial charge is 0.261 e. The van der Waals surface area contributed by atoms with E-state index in [2.05, 4.69) is 25.3 Å². The van der Waals surface area contributed by atoms with E-state index in [0.717, 1.165) is 0 Å². The van der Waals surface area contributed by atoms with Gasteiger partial charge in [0.1, 0.15) is 12.7 Å². The Hall–Kier alpha value is -2.25. The van der Waals surface area contributed by atoms with Crippen molar-refractivity contribution in [1.29, 1.82) is 0 Å². The third-order valence-corrected chi connectivity index (χ3v) is 1.27. The van der Waals surface area contributed by atoms with Gasteiger partial charge in [-0.15, -0.1) is 5.01 Å². The number of carbonyl (C=O) groups excluding carboxylic acids is 2. The first-order chi connectivity index (χ1) is 6.29. The van der Waals surface area contributed by atoms with Crippen molar-refractivity contribution in [2.24, 2.45) is 10.3 Å². The predicted molar refractivity (Wildman–Crippen MR) is 37.2 cm³/mol. The summed E-state index contributed by atoms with van der Waals surface area (Å²) in [6.45, 7) is 0. The molecule has 2 amide bonds. The molecule has 0 aromatic carbocycles. The highest BCUT2D eigenvalue weighted by molar-refractivity contribution is 6.41. The maximum Gasteiger partial charge on any atom is 0.357 e. The molecule has 0 aliphatic carbocycles. The van der Waals surface area contributed by atoms with E-state index >= 15 is 0 Å². The van der Waals surface area contributed by atoms with Gasteiger partial charge in [0.25, 0.3) is 5.95 Å². The molecule has 1 aromatic heterocycles. The first-order valence-electron chi connectivity index (χ1n) is 3.21. The van der Waals surface area contributed by atoms with Crippen LogP contribution in [0.25, 0.3) is 0 Å². The summed E-state index contributed by atoms with van der Waals surface area (Å²) in [5.74, 6) is -1.82. The van der Waals surface area contributed by atoms with Crippen molar-refractivity contribution in [2.45, 2.75) is 0 Å². The molecule has 8 heteroatoms. The van der Waals surface area contributed by atoms with Crippen LogP contribution < -0.4 is 5.01 Å². The molecule has 1 aliphatic heterocycles. The summed E-state index contributed by atoms with van der Waals surface area (Å²) in [6, 6.07) is 0. The third-order valence-electron chi connectivity index (χ3n) is 1.27. The highest BCUT2D eigenvalue weighted by Crippen LogP contribution is 2.11. The van der Waals surface area contributed by atoms with Gasteiger partial charge in [0, 0.05) is 0 Å².